The first-order chi connectivity index (χ1) is 6.24. The normalized spacial score (nSPS) is 13.2. The largest absolute Gasteiger partial charge is 0.463 e. The van der Waals surface area contributed by atoms with Gasteiger partial charge in [-0.05, 0) is 19.9 Å². The van der Waals surface area contributed by atoms with E-state index in [9.17, 15) is 4.79 Å². The van der Waals surface area contributed by atoms with Crippen molar-refractivity contribution in [1.82, 2.24) is 0 Å². The molecule has 0 rings (SSSR count). The van der Waals surface area contributed by atoms with Crippen molar-refractivity contribution >= 4 is 17.6 Å². The third kappa shape index (κ3) is 6.61. The maximum absolute atomic E-state index is 10.9. The Hall–Kier alpha value is -0.540. The molecule has 0 aromatic heterocycles. The molecule has 76 valence electrons. The molecule has 1 unspecified atom stereocenters. The Morgan fingerprint density at radius 3 is 2.62 bits per heavy atom. The Balaban J connectivity index is 3.83. The van der Waals surface area contributed by atoms with Crippen LogP contribution < -0.4 is 0 Å². The first kappa shape index (κ1) is 12.5. The lowest BCUT2D eigenvalue weighted by atomic mass is 10.3. The van der Waals surface area contributed by atoms with Crippen LogP contribution in [0.15, 0.2) is 12.2 Å². The summed E-state index contributed by atoms with van der Waals surface area (Å²) in [5.74, 6) is -0.0265. The highest BCUT2D eigenvalue weighted by atomic mass is 35.5. The van der Waals surface area contributed by atoms with Crippen LogP contribution in [-0.2, 0) is 14.3 Å². The van der Waals surface area contributed by atoms with Crippen LogP contribution >= 0.6 is 11.6 Å². The minimum atomic E-state index is -0.364. The fraction of sp³-hybridized carbons (Fsp3) is 0.667. The van der Waals surface area contributed by atoms with Crippen LogP contribution in [-0.4, -0.2) is 31.2 Å². The van der Waals surface area contributed by atoms with Gasteiger partial charge in [0.15, 0.2) is 0 Å². The van der Waals surface area contributed by atoms with Crippen molar-refractivity contribution in [3.05, 3.63) is 12.2 Å². The van der Waals surface area contributed by atoms with Gasteiger partial charge in [0.2, 0.25) is 0 Å². The molecule has 0 saturated carbocycles. The standard InChI is InChI=1S/C9H15ClO3/c1-3-12-8(7-10)5-6-9(11)13-4-2/h5-6,8H,3-4,7H2,1-2H3. The van der Waals surface area contributed by atoms with E-state index in [1.807, 2.05) is 6.92 Å². The number of hydrogen-bond donors (Lipinski definition) is 0. The van der Waals surface area contributed by atoms with Gasteiger partial charge < -0.3 is 9.47 Å². The van der Waals surface area contributed by atoms with E-state index in [1.54, 1.807) is 13.0 Å². The van der Waals surface area contributed by atoms with Crippen molar-refractivity contribution in [2.75, 3.05) is 19.1 Å². The zero-order valence-electron chi connectivity index (χ0n) is 7.96. The molecule has 0 amide bonds. The summed E-state index contributed by atoms with van der Waals surface area (Å²) in [6.07, 6.45) is 2.73. The average molecular weight is 207 g/mol. The third-order valence-electron chi connectivity index (χ3n) is 1.27. The predicted molar refractivity (Wildman–Crippen MR) is 51.9 cm³/mol. The maximum atomic E-state index is 10.9. The Kier molecular flexibility index (Phi) is 7.74. The van der Waals surface area contributed by atoms with E-state index in [-0.39, 0.29) is 12.1 Å². The van der Waals surface area contributed by atoms with Gasteiger partial charge in [-0.25, -0.2) is 4.79 Å². The topological polar surface area (TPSA) is 35.5 Å². The summed E-state index contributed by atoms with van der Waals surface area (Å²) in [6.45, 7) is 4.58. The van der Waals surface area contributed by atoms with Crippen LogP contribution in [0.5, 0.6) is 0 Å². The molecular formula is C9H15ClO3. The maximum Gasteiger partial charge on any atom is 0.330 e. The van der Waals surface area contributed by atoms with Crippen LogP contribution in [0.1, 0.15) is 13.8 Å². The number of hydrogen-bond acceptors (Lipinski definition) is 3. The number of rotatable bonds is 6. The van der Waals surface area contributed by atoms with Gasteiger partial charge in [-0.15, -0.1) is 11.6 Å². The molecule has 0 heterocycles. The van der Waals surface area contributed by atoms with Crippen LogP contribution in [0.3, 0.4) is 0 Å². The van der Waals surface area contributed by atoms with Gasteiger partial charge in [-0.1, -0.05) is 0 Å². The van der Waals surface area contributed by atoms with Gasteiger partial charge in [0.05, 0.1) is 18.6 Å². The molecule has 0 aromatic carbocycles. The molecule has 13 heavy (non-hydrogen) atoms. The lowest BCUT2D eigenvalue weighted by Gasteiger charge is -2.07. The monoisotopic (exact) mass is 206 g/mol. The Bertz CT molecular complexity index is 168. The van der Waals surface area contributed by atoms with E-state index in [0.717, 1.165) is 0 Å². The number of halogens is 1. The van der Waals surface area contributed by atoms with Crippen molar-refractivity contribution in [2.45, 2.75) is 20.0 Å². The number of esters is 1. The van der Waals surface area contributed by atoms with E-state index in [1.165, 1.54) is 6.08 Å². The number of carbonyl (C=O) groups excluding carboxylic acids is 1. The molecule has 0 spiro atoms. The molecular weight excluding hydrogens is 192 g/mol. The molecule has 0 aliphatic carbocycles. The zero-order valence-corrected chi connectivity index (χ0v) is 8.71. The second kappa shape index (κ2) is 8.08. The Morgan fingerprint density at radius 1 is 1.46 bits per heavy atom. The first-order valence-electron chi connectivity index (χ1n) is 4.27. The second-order valence-corrected chi connectivity index (χ2v) is 2.57. The summed E-state index contributed by atoms with van der Waals surface area (Å²) < 4.78 is 9.88. The summed E-state index contributed by atoms with van der Waals surface area (Å²) in [7, 11) is 0. The lowest BCUT2D eigenvalue weighted by Crippen LogP contribution is -2.12. The average Bonchev–Trinajstić information content (AvgIpc) is 2.12. The Morgan fingerprint density at radius 2 is 2.15 bits per heavy atom. The van der Waals surface area contributed by atoms with Crippen molar-refractivity contribution in [1.29, 1.82) is 0 Å². The van der Waals surface area contributed by atoms with Gasteiger partial charge in [0.25, 0.3) is 0 Å². The highest BCUT2D eigenvalue weighted by molar-refractivity contribution is 6.18. The van der Waals surface area contributed by atoms with Crippen LogP contribution in [0.25, 0.3) is 0 Å². The number of carbonyl (C=O) groups is 1. The van der Waals surface area contributed by atoms with Gasteiger partial charge >= 0.3 is 5.97 Å². The molecule has 4 heteroatoms. The summed E-state index contributed by atoms with van der Waals surface area (Å²) >= 11 is 5.58. The van der Waals surface area contributed by atoms with Crippen molar-refractivity contribution < 1.29 is 14.3 Å². The Labute approximate surface area is 83.7 Å². The summed E-state index contributed by atoms with van der Waals surface area (Å²) in [6, 6.07) is 0. The summed E-state index contributed by atoms with van der Waals surface area (Å²) in [5, 5.41) is 0. The van der Waals surface area contributed by atoms with E-state index in [0.29, 0.717) is 19.1 Å². The van der Waals surface area contributed by atoms with E-state index in [2.05, 4.69) is 0 Å². The number of ether oxygens (including phenoxy) is 2. The third-order valence-corrected chi connectivity index (χ3v) is 1.57. The molecule has 0 bridgehead atoms. The SMILES string of the molecule is CCOC(=O)C=CC(CCl)OCC. The minimum Gasteiger partial charge on any atom is -0.463 e. The fourth-order valence-corrected chi connectivity index (χ4v) is 0.934. The van der Waals surface area contributed by atoms with E-state index in [4.69, 9.17) is 21.1 Å². The number of alkyl halides is 1. The van der Waals surface area contributed by atoms with Crippen molar-refractivity contribution in [2.24, 2.45) is 0 Å². The molecule has 0 N–H and O–H groups in total. The van der Waals surface area contributed by atoms with Gasteiger partial charge in [0.1, 0.15) is 0 Å². The molecule has 0 aliphatic rings. The highest BCUT2D eigenvalue weighted by Crippen LogP contribution is 1.97. The summed E-state index contributed by atoms with van der Waals surface area (Å²) in [4.78, 5) is 10.9. The molecule has 0 radical (unpaired) electrons. The molecule has 0 aromatic rings. The smallest absolute Gasteiger partial charge is 0.330 e. The lowest BCUT2D eigenvalue weighted by molar-refractivity contribution is -0.137. The summed E-state index contributed by atoms with van der Waals surface area (Å²) in [5.41, 5.74) is 0. The fourth-order valence-electron chi connectivity index (χ4n) is 0.742. The zero-order chi connectivity index (χ0) is 10.1. The molecule has 0 saturated heterocycles. The van der Waals surface area contributed by atoms with Gasteiger partial charge in [-0.2, -0.15) is 0 Å². The molecule has 1 atom stereocenters. The quantitative estimate of drug-likeness (QED) is 0.377. The van der Waals surface area contributed by atoms with Gasteiger partial charge in [-0.3, -0.25) is 0 Å². The van der Waals surface area contributed by atoms with Crippen LogP contribution in [0, 0.1) is 0 Å². The predicted octanol–water partition coefficient (Wildman–Crippen LogP) is 1.75. The second-order valence-electron chi connectivity index (χ2n) is 2.26. The van der Waals surface area contributed by atoms with Crippen molar-refractivity contribution in [3.8, 4) is 0 Å². The highest BCUT2D eigenvalue weighted by Gasteiger charge is 2.02. The molecule has 0 fully saturated rings. The van der Waals surface area contributed by atoms with E-state index >= 15 is 0 Å². The van der Waals surface area contributed by atoms with E-state index < -0.39 is 0 Å². The van der Waals surface area contributed by atoms with Crippen molar-refractivity contribution in [3.63, 3.8) is 0 Å². The molecule has 3 nitrogen and oxygen atoms in total. The van der Waals surface area contributed by atoms with Crippen LogP contribution in [0.2, 0.25) is 0 Å². The minimum absolute atomic E-state index is 0.212. The molecule has 0 aliphatic heterocycles. The first-order valence-corrected chi connectivity index (χ1v) is 4.80. The van der Waals surface area contributed by atoms with Gasteiger partial charge in [0, 0.05) is 12.7 Å². The van der Waals surface area contributed by atoms with Crippen LogP contribution in [0.4, 0.5) is 0 Å².